The fourth-order valence-corrected chi connectivity index (χ4v) is 5.96. The molecule has 1 aliphatic carbocycles. The van der Waals surface area contributed by atoms with Crippen molar-refractivity contribution in [2.45, 2.75) is 70.4 Å². The second-order valence-corrected chi connectivity index (χ2v) is 12.3. The number of hydrogen-bond donors (Lipinski definition) is 3. The molecular weight excluding hydrogens is 558 g/mol. The summed E-state index contributed by atoms with van der Waals surface area (Å²) in [6.45, 7) is 6.21. The molecule has 1 saturated heterocycles. The first-order valence-electron chi connectivity index (χ1n) is 14.7. The van der Waals surface area contributed by atoms with Crippen LogP contribution < -0.4 is 16.0 Å². The second-order valence-electron chi connectivity index (χ2n) is 12.3. The molecule has 1 aliphatic heterocycles. The lowest BCUT2D eigenvalue weighted by atomic mass is 9.81. The van der Waals surface area contributed by atoms with Crippen molar-refractivity contribution < 1.29 is 32.7 Å². The highest BCUT2D eigenvalue weighted by Gasteiger charge is 2.44. The lowest BCUT2D eigenvalue weighted by molar-refractivity contribution is -0.141. The van der Waals surface area contributed by atoms with E-state index in [0.29, 0.717) is 32.4 Å². The van der Waals surface area contributed by atoms with Crippen LogP contribution in [0.15, 0.2) is 42.5 Å². The lowest BCUT2D eigenvalue weighted by Gasteiger charge is -2.34. The summed E-state index contributed by atoms with van der Waals surface area (Å²) in [6.07, 6.45) is 2.77. The predicted molar refractivity (Wildman–Crippen MR) is 157 cm³/mol. The van der Waals surface area contributed by atoms with E-state index in [1.165, 1.54) is 7.05 Å². The average Bonchev–Trinajstić information content (AvgIpc) is 3.42. The molecule has 4 amide bonds. The Hall–Kier alpha value is -4.02. The number of carbonyl (C=O) groups is 4. The Balaban J connectivity index is 1.46. The Labute approximate surface area is 250 Å². The second kappa shape index (κ2) is 13.5. The molecule has 1 saturated carbocycles. The fraction of sp³-hybridized carbons (Fsp3) is 0.500. The smallest absolute Gasteiger partial charge is 0.407 e. The molecular formula is C32H40F2N4O5. The Bertz CT molecular complexity index is 1340. The van der Waals surface area contributed by atoms with E-state index in [0.717, 1.165) is 30.5 Å². The van der Waals surface area contributed by atoms with Crippen LogP contribution in [-0.4, -0.2) is 60.5 Å². The van der Waals surface area contributed by atoms with Crippen molar-refractivity contribution in [1.29, 1.82) is 0 Å². The fourth-order valence-electron chi connectivity index (χ4n) is 5.96. The van der Waals surface area contributed by atoms with E-state index in [4.69, 9.17) is 4.74 Å². The normalized spacial score (nSPS) is 22.0. The quantitative estimate of drug-likeness (QED) is 0.416. The maximum absolute atomic E-state index is 14.9. The van der Waals surface area contributed by atoms with E-state index in [2.05, 4.69) is 16.0 Å². The third-order valence-electron chi connectivity index (χ3n) is 8.09. The zero-order valence-corrected chi connectivity index (χ0v) is 25.0. The van der Waals surface area contributed by atoms with Crippen molar-refractivity contribution in [1.82, 2.24) is 15.5 Å². The van der Waals surface area contributed by atoms with Crippen molar-refractivity contribution in [2.75, 3.05) is 25.5 Å². The molecule has 0 spiro atoms. The molecule has 2 aromatic rings. The van der Waals surface area contributed by atoms with Crippen LogP contribution in [-0.2, 0) is 14.3 Å². The van der Waals surface area contributed by atoms with Crippen LogP contribution in [0.4, 0.5) is 19.3 Å². The summed E-state index contributed by atoms with van der Waals surface area (Å²) < 4.78 is 34.8. The van der Waals surface area contributed by atoms with Gasteiger partial charge in [-0.05, 0) is 70.4 Å². The first-order chi connectivity index (χ1) is 20.4. The van der Waals surface area contributed by atoms with Crippen molar-refractivity contribution >= 4 is 29.5 Å². The minimum Gasteiger partial charge on any atom is -0.444 e. The molecule has 2 aromatic carbocycles. The van der Waals surface area contributed by atoms with Gasteiger partial charge in [0, 0.05) is 38.0 Å². The van der Waals surface area contributed by atoms with Gasteiger partial charge in [0.2, 0.25) is 11.8 Å². The van der Waals surface area contributed by atoms with E-state index >= 15 is 0 Å². The van der Waals surface area contributed by atoms with Gasteiger partial charge in [-0.2, -0.15) is 0 Å². The largest absolute Gasteiger partial charge is 0.444 e. The van der Waals surface area contributed by atoms with Crippen molar-refractivity contribution in [3.05, 3.63) is 65.2 Å². The molecule has 9 nitrogen and oxygen atoms in total. The highest BCUT2D eigenvalue weighted by atomic mass is 19.1. The Morgan fingerprint density at radius 2 is 1.63 bits per heavy atom. The SMILES string of the molecule is CNC(=O)c1cc(F)c(NC(=O)[C@@H]2[C@@H](c3ccccc3)CCN2C(=O)C2CCC(CNC(=O)OC(C)(C)C)CC2)cc1F. The number of likely N-dealkylation sites (tertiary alicyclic amines) is 1. The van der Waals surface area contributed by atoms with Gasteiger partial charge in [0.1, 0.15) is 23.3 Å². The maximum Gasteiger partial charge on any atom is 0.407 e. The van der Waals surface area contributed by atoms with E-state index in [1.54, 1.807) is 25.7 Å². The van der Waals surface area contributed by atoms with Crippen LogP contribution in [0.5, 0.6) is 0 Å². The van der Waals surface area contributed by atoms with Crippen LogP contribution >= 0.6 is 0 Å². The number of benzene rings is 2. The molecule has 0 radical (unpaired) electrons. The van der Waals surface area contributed by atoms with Gasteiger partial charge in [-0.3, -0.25) is 14.4 Å². The van der Waals surface area contributed by atoms with Crippen LogP contribution in [0.2, 0.25) is 0 Å². The molecule has 1 heterocycles. The summed E-state index contributed by atoms with van der Waals surface area (Å²) in [5.74, 6) is -3.91. The topological polar surface area (TPSA) is 117 Å². The highest BCUT2D eigenvalue weighted by Crippen LogP contribution is 2.38. The van der Waals surface area contributed by atoms with E-state index < -0.39 is 52.4 Å². The number of rotatable bonds is 7. The van der Waals surface area contributed by atoms with Gasteiger partial charge in [-0.1, -0.05) is 30.3 Å². The number of nitrogens with one attached hydrogen (secondary N) is 3. The molecule has 2 aliphatic rings. The Morgan fingerprint density at radius 1 is 0.953 bits per heavy atom. The van der Waals surface area contributed by atoms with Gasteiger partial charge in [0.05, 0.1) is 11.3 Å². The van der Waals surface area contributed by atoms with Crippen LogP contribution in [0.1, 0.15) is 74.7 Å². The maximum atomic E-state index is 14.9. The summed E-state index contributed by atoms with van der Waals surface area (Å²) in [5, 5.41) is 7.54. The van der Waals surface area contributed by atoms with E-state index in [-0.39, 0.29) is 23.7 Å². The number of anilines is 1. The summed E-state index contributed by atoms with van der Waals surface area (Å²) in [4.78, 5) is 53.0. The molecule has 0 bridgehead atoms. The van der Waals surface area contributed by atoms with Gasteiger partial charge in [-0.25, -0.2) is 13.6 Å². The molecule has 0 aromatic heterocycles. The average molecular weight is 599 g/mol. The summed E-state index contributed by atoms with van der Waals surface area (Å²) in [5.41, 5.74) is -0.593. The molecule has 0 unspecified atom stereocenters. The molecule has 11 heteroatoms. The number of halogens is 2. The Morgan fingerprint density at radius 3 is 2.26 bits per heavy atom. The van der Waals surface area contributed by atoms with Crippen molar-refractivity contribution in [2.24, 2.45) is 11.8 Å². The minimum absolute atomic E-state index is 0.140. The molecule has 43 heavy (non-hydrogen) atoms. The van der Waals surface area contributed by atoms with Gasteiger partial charge >= 0.3 is 6.09 Å². The third-order valence-corrected chi connectivity index (χ3v) is 8.09. The summed E-state index contributed by atoms with van der Waals surface area (Å²) >= 11 is 0. The van der Waals surface area contributed by atoms with Crippen LogP contribution in [0, 0.1) is 23.5 Å². The summed E-state index contributed by atoms with van der Waals surface area (Å²) in [6, 6.07) is 9.94. The zero-order valence-electron chi connectivity index (χ0n) is 25.0. The number of carbonyl (C=O) groups excluding carboxylic acids is 4. The molecule has 3 N–H and O–H groups in total. The highest BCUT2D eigenvalue weighted by molar-refractivity contribution is 6.00. The number of ether oxygens (including phenoxy) is 1. The minimum atomic E-state index is -0.979. The summed E-state index contributed by atoms with van der Waals surface area (Å²) in [7, 11) is 1.30. The van der Waals surface area contributed by atoms with Crippen LogP contribution in [0.25, 0.3) is 0 Å². The van der Waals surface area contributed by atoms with Crippen molar-refractivity contribution in [3.63, 3.8) is 0 Å². The third kappa shape index (κ3) is 7.88. The molecule has 2 fully saturated rings. The van der Waals surface area contributed by atoms with E-state index in [1.807, 2.05) is 30.3 Å². The van der Waals surface area contributed by atoms with Crippen molar-refractivity contribution in [3.8, 4) is 0 Å². The number of alkyl carbamates (subject to hydrolysis) is 1. The number of amides is 4. The first kappa shape index (κ1) is 31.9. The number of hydrogen-bond acceptors (Lipinski definition) is 5. The number of nitrogens with zero attached hydrogens (tertiary/aromatic N) is 1. The Kier molecular flexibility index (Phi) is 10.0. The first-order valence-corrected chi connectivity index (χ1v) is 14.7. The zero-order chi connectivity index (χ0) is 31.3. The molecule has 4 rings (SSSR count). The van der Waals surface area contributed by atoms with Gasteiger partial charge in [-0.15, -0.1) is 0 Å². The molecule has 232 valence electrons. The predicted octanol–water partition coefficient (Wildman–Crippen LogP) is 4.98. The standard InChI is InChI=1S/C32H40F2N4O5/c1-32(2,3)43-31(42)36-18-19-10-12-21(13-11-19)30(41)38-15-14-22(20-8-6-5-7-9-20)27(38)29(40)37-26-17-24(33)23(16-25(26)34)28(39)35-4/h5-9,16-17,19,21-22,27H,10-15,18H2,1-4H3,(H,35,39)(H,36,42)(H,37,40)/t19?,21?,22-,27+/m1/s1. The van der Waals surface area contributed by atoms with Gasteiger partial charge in [0.15, 0.2) is 0 Å². The van der Waals surface area contributed by atoms with Gasteiger partial charge < -0.3 is 25.6 Å². The molecule has 2 atom stereocenters. The van der Waals surface area contributed by atoms with E-state index in [9.17, 15) is 28.0 Å². The van der Waals surface area contributed by atoms with Gasteiger partial charge in [0.25, 0.3) is 5.91 Å². The monoisotopic (exact) mass is 598 g/mol. The lowest BCUT2D eigenvalue weighted by Crippen LogP contribution is -2.48. The van der Waals surface area contributed by atoms with Crippen LogP contribution in [0.3, 0.4) is 0 Å².